The molecule has 0 amide bonds. The van der Waals surface area contributed by atoms with Crippen molar-refractivity contribution in [2.75, 3.05) is 6.61 Å². The molecular weight excluding hydrogens is 250 g/mol. The van der Waals surface area contributed by atoms with E-state index in [0.29, 0.717) is 9.90 Å². The van der Waals surface area contributed by atoms with E-state index in [0.717, 1.165) is 0 Å². The van der Waals surface area contributed by atoms with Crippen LogP contribution in [0.3, 0.4) is 0 Å². The number of nitrogens with zero attached hydrogens (tertiary/aromatic N) is 3. The Bertz CT molecular complexity index is 463. The first-order valence-electron chi connectivity index (χ1n) is 4.35. The van der Waals surface area contributed by atoms with Crippen molar-refractivity contribution in [2.24, 2.45) is 5.11 Å². The summed E-state index contributed by atoms with van der Waals surface area (Å²) in [4.78, 5) is 13.9. The van der Waals surface area contributed by atoms with Gasteiger partial charge in [0.25, 0.3) is 0 Å². The number of ether oxygens (including phenoxy) is 1. The lowest BCUT2D eigenvalue weighted by molar-refractivity contribution is -0.138. The highest BCUT2D eigenvalue weighted by Gasteiger charge is 2.08. The van der Waals surface area contributed by atoms with Gasteiger partial charge in [0.05, 0.1) is 10.9 Å². The average Bonchev–Trinajstić information content (AvgIpc) is 2.64. The van der Waals surface area contributed by atoms with Gasteiger partial charge in [-0.05, 0) is 35.5 Å². The molecule has 0 atom stereocenters. The average molecular weight is 258 g/mol. The molecule has 0 saturated heterocycles. The van der Waals surface area contributed by atoms with Crippen molar-refractivity contribution in [3.8, 4) is 0 Å². The minimum absolute atomic E-state index is 0.0844. The quantitative estimate of drug-likeness (QED) is 0.272. The second-order valence-electron chi connectivity index (χ2n) is 2.62. The highest BCUT2D eigenvalue weighted by Crippen LogP contribution is 2.22. The van der Waals surface area contributed by atoms with Crippen LogP contribution in [-0.2, 0) is 9.53 Å². The lowest BCUT2D eigenvalue weighted by atomic mass is 10.3. The molecule has 1 aromatic heterocycles. The summed E-state index contributed by atoms with van der Waals surface area (Å²) in [5.74, 6) is -0.650. The summed E-state index contributed by atoms with van der Waals surface area (Å²) in [5.41, 5.74) is 8.94. The minimum atomic E-state index is -0.650. The van der Waals surface area contributed by atoms with E-state index in [2.05, 4.69) is 10.0 Å². The predicted molar refractivity (Wildman–Crippen MR) is 63.1 cm³/mol. The Labute approximate surface area is 101 Å². The Balaban J connectivity index is 2.97. The molecule has 0 aliphatic carbocycles. The van der Waals surface area contributed by atoms with E-state index in [1.807, 2.05) is 0 Å². The van der Waals surface area contributed by atoms with Crippen LogP contribution in [0.2, 0.25) is 4.34 Å². The van der Waals surface area contributed by atoms with Crippen LogP contribution in [0, 0.1) is 0 Å². The topological polar surface area (TPSA) is 75.1 Å². The van der Waals surface area contributed by atoms with Crippen LogP contribution in [0.1, 0.15) is 12.5 Å². The highest BCUT2D eigenvalue weighted by molar-refractivity contribution is 7.14. The van der Waals surface area contributed by atoms with Gasteiger partial charge >= 0.3 is 5.97 Å². The van der Waals surface area contributed by atoms with Crippen molar-refractivity contribution >= 4 is 35.0 Å². The Hall–Kier alpha value is -1.49. The molecule has 0 radical (unpaired) electrons. The van der Waals surface area contributed by atoms with Gasteiger partial charge in [-0.3, -0.25) is 0 Å². The van der Waals surface area contributed by atoms with Gasteiger partial charge in [0.2, 0.25) is 0 Å². The van der Waals surface area contributed by atoms with Crippen molar-refractivity contribution in [1.29, 1.82) is 0 Å². The first-order valence-corrected chi connectivity index (χ1v) is 5.61. The number of rotatable bonds is 4. The SMILES string of the molecule is CCOC(=O)C(=Cc1csc(Cl)c1)N=[N+]=[N-]. The van der Waals surface area contributed by atoms with Crippen LogP contribution in [0.4, 0.5) is 0 Å². The third-order valence-electron chi connectivity index (χ3n) is 1.53. The highest BCUT2D eigenvalue weighted by atomic mass is 35.5. The number of halogens is 1. The molecule has 0 fully saturated rings. The zero-order valence-electron chi connectivity index (χ0n) is 8.38. The van der Waals surface area contributed by atoms with Crippen molar-refractivity contribution in [2.45, 2.75) is 6.92 Å². The molecule has 1 heterocycles. The zero-order chi connectivity index (χ0) is 12.0. The van der Waals surface area contributed by atoms with Gasteiger partial charge in [0.1, 0.15) is 5.70 Å². The predicted octanol–water partition coefficient (Wildman–Crippen LogP) is 3.62. The van der Waals surface area contributed by atoms with E-state index in [4.69, 9.17) is 21.9 Å². The Kier molecular flexibility index (Phi) is 4.85. The van der Waals surface area contributed by atoms with E-state index in [1.54, 1.807) is 18.4 Å². The lowest BCUT2D eigenvalue weighted by Gasteiger charge is -1.99. The van der Waals surface area contributed by atoms with Gasteiger partial charge in [-0.15, -0.1) is 11.3 Å². The van der Waals surface area contributed by atoms with Crippen molar-refractivity contribution < 1.29 is 9.53 Å². The van der Waals surface area contributed by atoms with E-state index in [9.17, 15) is 4.79 Å². The lowest BCUT2D eigenvalue weighted by Crippen LogP contribution is -2.05. The Morgan fingerprint density at radius 1 is 1.81 bits per heavy atom. The van der Waals surface area contributed by atoms with Crippen LogP contribution in [0.15, 0.2) is 22.3 Å². The zero-order valence-corrected chi connectivity index (χ0v) is 9.96. The van der Waals surface area contributed by atoms with Gasteiger partial charge < -0.3 is 4.74 Å². The molecule has 5 nitrogen and oxygen atoms in total. The molecular formula is C9H8ClN3O2S. The van der Waals surface area contributed by atoms with E-state index >= 15 is 0 Å². The van der Waals surface area contributed by atoms with Crippen LogP contribution in [0.5, 0.6) is 0 Å². The van der Waals surface area contributed by atoms with Crippen LogP contribution < -0.4 is 0 Å². The normalized spacial score (nSPS) is 10.8. The van der Waals surface area contributed by atoms with E-state index in [-0.39, 0.29) is 12.3 Å². The second kappa shape index (κ2) is 6.17. The largest absolute Gasteiger partial charge is 0.462 e. The number of azide groups is 1. The summed E-state index contributed by atoms with van der Waals surface area (Å²) in [6, 6.07) is 1.67. The molecule has 0 saturated carbocycles. The number of thiophene rings is 1. The molecule has 0 N–H and O–H groups in total. The maximum Gasteiger partial charge on any atom is 0.340 e. The maximum atomic E-state index is 11.4. The standard InChI is InChI=1S/C9H8ClN3O2S/c1-2-15-9(14)7(12-13-11)3-6-4-8(10)16-5-6/h3-5H,2H2,1H3. The summed E-state index contributed by atoms with van der Waals surface area (Å²) >= 11 is 7.05. The van der Waals surface area contributed by atoms with Crippen LogP contribution in [-0.4, -0.2) is 12.6 Å². The number of carbonyl (C=O) groups is 1. The first kappa shape index (κ1) is 12.6. The van der Waals surface area contributed by atoms with Crippen LogP contribution >= 0.6 is 22.9 Å². The summed E-state index contributed by atoms with van der Waals surface area (Å²) in [7, 11) is 0. The monoisotopic (exact) mass is 257 g/mol. The smallest absolute Gasteiger partial charge is 0.340 e. The molecule has 1 aromatic rings. The van der Waals surface area contributed by atoms with Crippen molar-refractivity contribution in [3.05, 3.63) is 37.5 Å². The summed E-state index contributed by atoms with van der Waals surface area (Å²) in [6.07, 6.45) is 1.43. The molecule has 1 rings (SSSR count). The summed E-state index contributed by atoms with van der Waals surface area (Å²) in [5, 5.41) is 5.02. The Morgan fingerprint density at radius 2 is 2.56 bits per heavy atom. The Morgan fingerprint density at radius 3 is 3.06 bits per heavy atom. The first-order chi connectivity index (χ1) is 7.67. The van der Waals surface area contributed by atoms with E-state index in [1.165, 1.54) is 17.4 Å². The fourth-order valence-corrected chi connectivity index (χ4v) is 1.79. The van der Waals surface area contributed by atoms with Gasteiger partial charge in [0, 0.05) is 4.91 Å². The molecule has 7 heteroatoms. The minimum Gasteiger partial charge on any atom is -0.462 e. The molecule has 84 valence electrons. The maximum absolute atomic E-state index is 11.4. The molecule has 0 bridgehead atoms. The fraction of sp³-hybridized carbons (Fsp3) is 0.222. The van der Waals surface area contributed by atoms with Gasteiger partial charge in [-0.1, -0.05) is 16.7 Å². The fourth-order valence-electron chi connectivity index (χ4n) is 0.939. The van der Waals surface area contributed by atoms with Gasteiger partial charge in [-0.2, -0.15) is 0 Å². The number of carbonyl (C=O) groups excluding carboxylic acids is 1. The van der Waals surface area contributed by atoms with Gasteiger partial charge in [0.15, 0.2) is 0 Å². The number of hydrogen-bond donors (Lipinski definition) is 0. The second-order valence-corrected chi connectivity index (χ2v) is 4.17. The molecule has 0 aliphatic heterocycles. The van der Waals surface area contributed by atoms with E-state index < -0.39 is 5.97 Å². The third-order valence-corrected chi connectivity index (χ3v) is 2.64. The molecule has 0 unspecified atom stereocenters. The molecule has 0 aliphatic rings. The summed E-state index contributed by atoms with van der Waals surface area (Å²) < 4.78 is 5.33. The summed E-state index contributed by atoms with van der Waals surface area (Å²) in [6.45, 7) is 1.90. The van der Waals surface area contributed by atoms with Crippen molar-refractivity contribution in [3.63, 3.8) is 0 Å². The third kappa shape index (κ3) is 3.58. The molecule has 16 heavy (non-hydrogen) atoms. The molecule has 0 aromatic carbocycles. The van der Waals surface area contributed by atoms with Crippen LogP contribution in [0.25, 0.3) is 16.5 Å². The number of hydrogen-bond acceptors (Lipinski definition) is 4. The van der Waals surface area contributed by atoms with Gasteiger partial charge in [-0.25, -0.2) is 4.79 Å². The van der Waals surface area contributed by atoms with Crippen molar-refractivity contribution in [1.82, 2.24) is 0 Å². The molecule has 0 spiro atoms. The number of esters is 1.